The summed E-state index contributed by atoms with van der Waals surface area (Å²) in [7, 11) is 0. The second kappa shape index (κ2) is 14.3. The number of hydrogen-bond donors (Lipinski definition) is 0. The molecule has 0 amide bonds. The Morgan fingerprint density at radius 3 is 1.59 bits per heavy atom. The van der Waals surface area contributed by atoms with Gasteiger partial charge in [0, 0.05) is 33.2 Å². The summed E-state index contributed by atoms with van der Waals surface area (Å²) in [4.78, 5) is 10.6. The highest BCUT2D eigenvalue weighted by molar-refractivity contribution is 6.20. The summed E-state index contributed by atoms with van der Waals surface area (Å²) in [6.07, 6.45) is 0. The number of aromatic nitrogens is 3. The van der Waals surface area contributed by atoms with Crippen LogP contribution in [0.5, 0.6) is 0 Å². The van der Waals surface area contributed by atoms with E-state index in [1.165, 1.54) is 59.7 Å². The lowest BCUT2D eigenvalue weighted by Gasteiger charge is -2.15. The molecule has 0 aliphatic carbocycles. The highest BCUT2D eigenvalue weighted by Crippen LogP contribution is 2.41. The lowest BCUT2D eigenvalue weighted by atomic mass is 9.89. The Morgan fingerprint density at radius 1 is 0.295 bits per heavy atom. The maximum absolute atomic E-state index is 5.33. The minimum absolute atomic E-state index is 0.683. The topological polar surface area (TPSA) is 30.7 Å². The lowest BCUT2D eigenvalue weighted by molar-refractivity contribution is 1.17. The largest absolute Gasteiger partial charge is 0.309 e. The van der Waals surface area contributed by atoms with Crippen LogP contribution in [0.15, 0.2) is 224 Å². The highest BCUT2D eigenvalue weighted by Gasteiger charge is 2.17. The van der Waals surface area contributed by atoms with Gasteiger partial charge in [-0.1, -0.05) is 188 Å². The van der Waals surface area contributed by atoms with E-state index in [9.17, 15) is 0 Å². The predicted molar refractivity (Wildman–Crippen MR) is 256 cm³/mol. The fraction of sp³-hybridized carbons (Fsp3) is 0. The third-order valence-electron chi connectivity index (χ3n) is 12.2. The lowest BCUT2D eigenvalue weighted by Crippen LogP contribution is -1.98. The molecular weight excluding hydrogens is 739 g/mol. The van der Waals surface area contributed by atoms with Crippen LogP contribution in [0, 0.1) is 0 Å². The molecule has 0 atom stereocenters. The van der Waals surface area contributed by atoms with Crippen molar-refractivity contribution >= 4 is 54.1 Å². The summed E-state index contributed by atoms with van der Waals surface area (Å²) < 4.78 is 2.35. The van der Waals surface area contributed by atoms with Gasteiger partial charge in [-0.2, -0.15) is 0 Å². The fourth-order valence-electron chi connectivity index (χ4n) is 9.34. The van der Waals surface area contributed by atoms with Crippen molar-refractivity contribution in [2.45, 2.75) is 0 Å². The van der Waals surface area contributed by atoms with Crippen molar-refractivity contribution in [2.75, 3.05) is 0 Å². The number of nitrogens with zero attached hydrogens (tertiary/aromatic N) is 3. The van der Waals surface area contributed by atoms with E-state index in [-0.39, 0.29) is 0 Å². The molecular formula is C58H37N3. The van der Waals surface area contributed by atoms with Gasteiger partial charge in [0.25, 0.3) is 0 Å². The number of benzene rings is 10. The molecule has 0 fully saturated rings. The van der Waals surface area contributed by atoms with Crippen LogP contribution in [0.2, 0.25) is 0 Å². The monoisotopic (exact) mass is 775 g/mol. The van der Waals surface area contributed by atoms with Crippen LogP contribution in [0.1, 0.15) is 0 Å². The second-order valence-corrected chi connectivity index (χ2v) is 15.7. The molecule has 10 aromatic carbocycles. The molecule has 284 valence electrons. The second-order valence-electron chi connectivity index (χ2n) is 15.7. The number of hydrogen-bond acceptors (Lipinski definition) is 2. The summed E-state index contributed by atoms with van der Waals surface area (Å²) in [5, 5.41) is 9.97. The number of para-hydroxylation sites is 2. The first kappa shape index (κ1) is 34.9. The molecule has 3 heteroatoms. The van der Waals surface area contributed by atoms with E-state index < -0.39 is 0 Å². The maximum atomic E-state index is 5.33. The quantitative estimate of drug-likeness (QED) is 0.124. The van der Waals surface area contributed by atoms with Gasteiger partial charge in [0.1, 0.15) is 0 Å². The number of fused-ring (bicyclic) bond motifs is 7. The number of rotatable bonds is 6. The molecule has 12 aromatic rings. The molecule has 2 heterocycles. The van der Waals surface area contributed by atoms with Crippen LogP contribution < -0.4 is 0 Å². The fourth-order valence-corrected chi connectivity index (χ4v) is 9.34. The Balaban J connectivity index is 1.01. The van der Waals surface area contributed by atoms with E-state index in [0.717, 1.165) is 50.5 Å². The van der Waals surface area contributed by atoms with E-state index in [1.807, 2.05) is 0 Å². The van der Waals surface area contributed by atoms with Crippen LogP contribution in [-0.2, 0) is 0 Å². The minimum atomic E-state index is 0.683. The van der Waals surface area contributed by atoms with Crippen LogP contribution in [-0.4, -0.2) is 14.5 Å². The molecule has 0 unspecified atom stereocenters. The Bertz CT molecular complexity index is 3570. The minimum Gasteiger partial charge on any atom is -0.309 e. The zero-order valence-electron chi connectivity index (χ0n) is 33.2. The van der Waals surface area contributed by atoms with E-state index in [0.29, 0.717) is 5.82 Å². The third kappa shape index (κ3) is 5.90. The SMILES string of the molecule is c1ccc(-c2ccccc2-c2cc(-c3ccc(-n4c5ccccc5c5ccccc54)cc3)nc(-c3ccc(-c4c5ccccc5cc5c4ccc4ccccc45)cc3)n2)cc1. The van der Waals surface area contributed by atoms with Crippen molar-refractivity contribution < 1.29 is 0 Å². The van der Waals surface area contributed by atoms with E-state index >= 15 is 0 Å². The first-order valence-corrected chi connectivity index (χ1v) is 20.8. The standard InChI is InChI=1S/C58H37N3/c1-2-14-38(15-3-1)45-18-8-9-21-48(45)54-37-53(40-30-33-44(34-31-40)61-55-24-12-10-22-49(55)50-23-11-13-25-56(50)61)59-58(60-54)42-28-26-41(27-29-42)57-47-20-7-5-17-43(47)36-52-46-19-6-4-16-39(46)32-35-51(52)57/h1-37H. The van der Waals surface area contributed by atoms with Crippen LogP contribution in [0.25, 0.3) is 116 Å². The molecule has 3 nitrogen and oxygen atoms in total. The van der Waals surface area contributed by atoms with E-state index in [2.05, 4.69) is 229 Å². The van der Waals surface area contributed by atoms with Gasteiger partial charge in [-0.3, -0.25) is 0 Å². The maximum Gasteiger partial charge on any atom is 0.160 e. The average Bonchev–Trinajstić information content (AvgIpc) is 3.68. The third-order valence-corrected chi connectivity index (χ3v) is 12.2. The zero-order valence-corrected chi connectivity index (χ0v) is 33.2. The van der Waals surface area contributed by atoms with Gasteiger partial charge in [0.2, 0.25) is 0 Å². The summed E-state index contributed by atoms with van der Waals surface area (Å²) in [5.74, 6) is 0.683. The van der Waals surface area contributed by atoms with Crippen molar-refractivity contribution in [2.24, 2.45) is 0 Å². The van der Waals surface area contributed by atoms with Crippen molar-refractivity contribution in [1.82, 2.24) is 14.5 Å². The van der Waals surface area contributed by atoms with Gasteiger partial charge in [-0.15, -0.1) is 0 Å². The van der Waals surface area contributed by atoms with Crippen molar-refractivity contribution in [1.29, 1.82) is 0 Å². The molecule has 0 aliphatic heterocycles. The van der Waals surface area contributed by atoms with Crippen LogP contribution in [0.3, 0.4) is 0 Å². The van der Waals surface area contributed by atoms with Crippen molar-refractivity contribution in [3.05, 3.63) is 224 Å². The van der Waals surface area contributed by atoms with Gasteiger partial charge in [-0.25, -0.2) is 9.97 Å². The Hall–Kier alpha value is -8.14. The molecule has 0 radical (unpaired) electrons. The first-order chi connectivity index (χ1) is 30.2. The Morgan fingerprint density at radius 2 is 0.852 bits per heavy atom. The van der Waals surface area contributed by atoms with Gasteiger partial charge in [0.05, 0.1) is 22.4 Å². The summed E-state index contributed by atoms with van der Waals surface area (Å²) in [6, 6.07) is 80.4. The summed E-state index contributed by atoms with van der Waals surface area (Å²) in [6.45, 7) is 0. The first-order valence-electron chi connectivity index (χ1n) is 20.8. The molecule has 2 aromatic heterocycles. The highest BCUT2D eigenvalue weighted by atomic mass is 15.0. The van der Waals surface area contributed by atoms with Gasteiger partial charge >= 0.3 is 0 Å². The molecule has 0 bridgehead atoms. The molecule has 12 rings (SSSR count). The van der Waals surface area contributed by atoms with Crippen molar-refractivity contribution in [3.8, 4) is 61.8 Å². The molecule has 0 N–H and O–H groups in total. The zero-order chi connectivity index (χ0) is 40.3. The molecule has 0 saturated carbocycles. The Labute approximate surface area is 353 Å². The van der Waals surface area contributed by atoms with Gasteiger partial charge in [0.15, 0.2) is 5.82 Å². The normalized spacial score (nSPS) is 11.6. The van der Waals surface area contributed by atoms with E-state index in [4.69, 9.17) is 9.97 Å². The smallest absolute Gasteiger partial charge is 0.160 e. The molecule has 0 saturated heterocycles. The van der Waals surface area contributed by atoms with E-state index in [1.54, 1.807) is 0 Å². The molecule has 0 spiro atoms. The Kier molecular flexibility index (Phi) is 8.17. The van der Waals surface area contributed by atoms with Gasteiger partial charge in [-0.05, 0) is 91.0 Å². The molecule has 0 aliphatic rings. The van der Waals surface area contributed by atoms with Crippen LogP contribution >= 0.6 is 0 Å². The van der Waals surface area contributed by atoms with Crippen molar-refractivity contribution in [3.63, 3.8) is 0 Å². The van der Waals surface area contributed by atoms with Gasteiger partial charge < -0.3 is 4.57 Å². The average molecular weight is 776 g/mol. The molecule has 61 heavy (non-hydrogen) atoms. The summed E-state index contributed by atoms with van der Waals surface area (Å²) >= 11 is 0. The summed E-state index contributed by atoms with van der Waals surface area (Å²) in [5.41, 5.74) is 13.0. The van der Waals surface area contributed by atoms with Crippen LogP contribution in [0.4, 0.5) is 0 Å². The predicted octanol–water partition coefficient (Wildman–Crippen LogP) is 15.4.